The lowest BCUT2D eigenvalue weighted by molar-refractivity contribution is 0.415. The van der Waals surface area contributed by atoms with E-state index in [-0.39, 0.29) is 0 Å². The van der Waals surface area contributed by atoms with Gasteiger partial charge in [0.1, 0.15) is 5.69 Å². The van der Waals surface area contributed by atoms with Crippen LogP contribution in [0.2, 0.25) is 5.02 Å². The van der Waals surface area contributed by atoms with E-state index in [0.29, 0.717) is 5.92 Å². The van der Waals surface area contributed by atoms with Crippen molar-refractivity contribution in [1.29, 1.82) is 0 Å². The molecule has 0 amide bonds. The SMILES string of the molecule is NCC1CCN(c2cc(Cl)cc3ccc(-c4nnc5ccccn45)nc23)CC1. The first-order valence-corrected chi connectivity index (χ1v) is 9.96. The predicted octanol–water partition coefficient (Wildman–Crippen LogP) is 3.77. The van der Waals surface area contributed by atoms with Crippen molar-refractivity contribution in [2.75, 3.05) is 24.5 Å². The molecule has 0 bridgehead atoms. The average Bonchev–Trinajstić information content (AvgIpc) is 3.17. The van der Waals surface area contributed by atoms with Gasteiger partial charge in [-0.3, -0.25) is 4.40 Å². The van der Waals surface area contributed by atoms with Crippen LogP contribution >= 0.6 is 11.6 Å². The third kappa shape index (κ3) is 2.99. The number of piperidine rings is 1. The van der Waals surface area contributed by atoms with Gasteiger partial charge in [0.05, 0.1) is 11.2 Å². The molecular formula is C21H21ClN6. The summed E-state index contributed by atoms with van der Waals surface area (Å²) in [5.74, 6) is 1.34. The fourth-order valence-corrected chi connectivity index (χ4v) is 4.19. The number of nitrogens with zero attached hydrogens (tertiary/aromatic N) is 5. The lowest BCUT2D eigenvalue weighted by Gasteiger charge is -2.33. The molecule has 1 saturated heterocycles. The molecule has 5 rings (SSSR count). The summed E-state index contributed by atoms with van der Waals surface area (Å²) in [4.78, 5) is 7.35. The largest absolute Gasteiger partial charge is 0.370 e. The zero-order valence-electron chi connectivity index (χ0n) is 15.4. The van der Waals surface area contributed by atoms with Gasteiger partial charge in [-0.15, -0.1) is 10.2 Å². The molecule has 4 heterocycles. The zero-order valence-corrected chi connectivity index (χ0v) is 16.2. The summed E-state index contributed by atoms with van der Waals surface area (Å²) in [5.41, 5.74) is 9.48. The van der Waals surface area contributed by atoms with Gasteiger partial charge >= 0.3 is 0 Å². The summed E-state index contributed by atoms with van der Waals surface area (Å²) in [5, 5.41) is 10.4. The Morgan fingerprint density at radius 1 is 1.07 bits per heavy atom. The number of anilines is 1. The van der Waals surface area contributed by atoms with Crippen LogP contribution in [-0.4, -0.2) is 39.2 Å². The minimum Gasteiger partial charge on any atom is -0.370 e. The molecule has 1 aliphatic heterocycles. The highest BCUT2D eigenvalue weighted by Gasteiger charge is 2.21. The summed E-state index contributed by atoms with van der Waals surface area (Å²) < 4.78 is 1.95. The van der Waals surface area contributed by atoms with Crippen LogP contribution in [-0.2, 0) is 0 Å². The lowest BCUT2D eigenvalue weighted by atomic mass is 9.96. The molecule has 0 saturated carbocycles. The molecule has 0 radical (unpaired) electrons. The zero-order chi connectivity index (χ0) is 19.1. The van der Waals surface area contributed by atoms with Gasteiger partial charge in [0.15, 0.2) is 11.5 Å². The van der Waals surface area contributed by atoms with Crippen LogP contribution in [0.3, 0.4) is 0 Å². The van der Waals surface area contributed by atoms with Gasteiger partial charge in [0.25, 0.3) is 0 Å². The van der Waals surface area contributed by atoms with E-state index in [1.807, 2.05) is 47.0 Å². The van der Waals surface area contributed by atoms with E-state index in [1.165, 1.54) is 0 Å². The molecule has 0 spiro atoms. The van der Waals surface area contributed by atoms with E-state index in [4.69, 9.17) is 22.3 Å². The van der Waals surface area contributed by atoms with Gasteiger partial charge in [0.2, 0.25) is 0 Å². The fourth-order valence-electron chi connectivity index (χ4n) is 3.97. The molecule has 2 N–H and O–H groups in total. The smallest absolute Gasteiger partial charge is 0.187 e. The molecule has 3 aromatic heterocycles. The second-order valence-electron chi connectivity index (χ2n) is 7.31. The highest BCUT2D eigenvalue weighted by atomic mass is 35.5. The normalized spacial score (nSPS) is 15.6. The minimum atomic E-state index is 0.604. The lowest BCUT2D eigenvalue weighted by Crippen LogP contribution is -2.36. The third-order valence-corrected chi connectivity index (χ3v) is 5.79. The van der Waals surface area contributed by atoms with Crippen LogP contribution in [0.15, 0.2) is 48.7 Å². The molecule has 7 heteroatoms. The van der Waals surface area contributed by atoms with Crippen molar-refractivity contribution in [1.82, 2.24) is 19.6 Å². The molecule has 0 aliphatic carbocycles. The summed E-state index contributed by atoms with van der Waals surface area (Å²) >= 11 is 6.42. The van der Waals surface area contributed by atoms with E-state index in [0.717, 1.165) is 71.3 Å². The number of pyridine rings is 2. The van der Waals surface area contributed by atoms with Crippen LogP contribution in [0.4, 0.5) is 5.69 Å². The molecule has 1 fully saturated rings. The number of hydrogen-bond donors (Lipinski definition) is 1. The predicted molar refractivity (Wildman–Crippen MR) is 113 cm³/mol. The van der Waals surface area contributed by atoms with Crippen molar-refractivity contribution in [3.63, 3.8) is 0 Å². The highest BCUT2D eigenvalue weighted by molar-refractivity contribution is 6.31. The molecule has 6 nitrogen and oxygen atoms in total. The van der Waals surface area contributed by atoms with Crippen LogP contribution in [0.5, 0.6) is 0 Å². The number of aromatic nitrogens is 4. The van der Waals surface area contributed by atoms with Gasteiger partial charge in [-0.2, -0.15) is 0 Å². The maximum absolute atomic E-state index is 6.42. The summed E-state index contributed by atoms with van der Waals surface area (Å²) in [7, 11) is 0. The van der Waals surface area contributed by atoms with Gasteiger partial charge in [-0.1, -0.05) is 23.7 Å². The number of fused-ring (bicyclic) bond motifs is 2. The van der Waals surface area contributed by atoms with Crippen molar-refractivity contribution in [2.24, 2.45) is 11.7 Å². The Balaban J connectivity index is 1.62. The van der Waals surface area contributed by atoms with E-state index in [2.05, 4.69) is 21.2 Å². The Labute approximate surface area is 168 Å². The van der Waals surface area contributed by atoms with E-state index >= 15 is 0 Å². The van der Waals surface area contributed by atoms with E-state index in [1.54, 1.807) is 0 Å². The first-order chi connectivity index (χ1) is 13.7. The molecule has 1 aliphatic rings. The maximum Gasteiger partial charge on any atom is 0.187 e. The first-order valence-electron chi connectivity index (χ1n) is 9.58. The average molecular weight is 393 g/mol. The number of rotatable bonds is 3. The van der Waals surface area contributed by atoms with Crippen molar-refractivity contribution < 1.29 is 0 Å². The van der Waals surface area contributed by atoms with Crippen molar-refractivity contribution in [3.8, 4) is 11.5 Å². The van der Waals surface area contributed by atoms with E-state index < -0.39 is 0 Å². The summed E-state index contributed by atoms with van der Waals surface area (Å²) in [6, 6.07) is 13.9. The number of benzene rings is 1. The van der Waals surface area contributed by atoms with Gasteiger partial charge in [-0.25, -0.2) is 4.98 Å². The number of halogens is 1. The van der Waals surface area contributed by atoms with Crippen LogP contribution in [0.25, 0.3) is 28.1 Å². The molecule has 1 aromatic carbocycles. The summed E-state index contributed by atoms with van der Waals surface area (Å²) in [6.45, 7) is 2.70. The van der Waals surface area contributed by atoms with Gasteiger partial charge < -0.3 is 10.6 Å². The maximum atomic E-state index is 6.42. The van der Waals surface area contributed by atoms with Crippen molar-refractivity contribution in [3.05, 3.63) is 53.7 Å². The van der Waals surface area contributed by atoms with Crippen LogP contribution in [0.1, 0.15) is 12.8 Å². The Kier molecular flexibility index (Phi) is 4.37. The highest BCUT2D eigenvalue weighted by Crippen LogP contribution is 2.33. The Morgan fingerprint density at radius 3 is 2.75 bits per heavy atom. The first kappa shape index (κ1) is 17.4. The molecule has 28 heavy (non-hydrogen) atoms. The topological polar surface area (TPSA) is 72.3 Å². The Hall–Kier alpha value is -2.70. The summed E-state index contributed by atoms with van der Waals surface area (Å²) in [6.07, 6.45) is 4.15. The van der Waals surface area contributed by atoms with Crippen LogP contribution < -0.4 is 10.6 Å². The van der Waals surface area contributed by atoms with Gasteiger partial charge in [-0.05, 0) is 55.6 Å². The quantitative estimate of drug-likeness (QED) is 0.574. The van der Waals surface area contributed by atoms with E-state index in [9.17, 15) is 0 Å². The molecule has 0 unspecified atom stereocenters. The van der Waals surface area contributed by atoms with Crippen molar-refractivity contribution in [2.45, 2.75) is 12.8 Å². The second kappa shape index (κ2) is 7.04. The van der Waals surface area contributed by atoms with Gasteiger partial charge in [0, 0.05) is 29.7 Å². The van der Waals surface area contributed by atoms with Crippen LogP contribution in [0, 0.1) is 5.92 Å². The molecule has 4 aromatic rings. The molecular weight excluding hydrogens is 372 g/mol. The molecule has 0 atom stereocenters. The number of nitrogens with two attached hydrogens (primary N) is 1. The standard InChI is InChI=1S/C21H21ClN6/c22-16-11-15-4-5-17(21-26-25-19-3-1-2-8-28(19)21)24-20(15)18(12-16)27-9-6-14(13-23)7-10-27/h1-5,8,11-12,14H,6-7,9-10,13,23H2. The third-order valence-electron chi connectivity index (χ3n) is 5.57. The fraction of sp³-hybridized carbons (Fsp3) is 0.286. The number of hydrogen-bond acceptors (Lipinski definition) is 5. The van der Waals surface area contributed by atoms with Crippen molar-refractivity contribution >= 4 is 33.8 Å². The Morgan fingerprint density at radius 2 is 1.93 bits per heavy atom. The monoisotopic (exact) mass is 392 g/mol. The molecule has 142 valence electrons. The second-order valence-corrected chi connectivity index (χ2v) is 7.75. The Bertz CT molecular complexity index is 1150. The minimum absolute atomic E-state index is 0.604.